The van der Waals surface area contributed by atoms with Crippen molar-refractivity contribution >= 4 is 5.82 Å². The van der Waals surface area contributed by atoms with Gasteiger partial charge in [0.05, 0.1) is 0 Å². The average molecular weight is 203 g/mol. The number of aryl methyl sites for hydroxylation is 1. The van der Waals surface area contributed by atoms with E-state index >= 15 is 0 Å². The van der Waals surface area contributed by atoms with Gasteiger partial charge >= 0.3 is 0 Å². The first-order valence-electron chi connectivity index (χ1n) is 4.92. The van der Waals surface area contributed by atoms with Crippen LogP contribution < -0.4 is 5.73 Å². The Labute approximate surface area is 88.0 Å². The molecule has 0 saturated heterocycles. The minimum Gasteiger partial charge on any atom is -0.382 e. The zero-order valence-corrected chi connectivity index (χ0v) is 8.59. The number of hydrogen-bond acceptors (Lipinski definition) is 4. The van der Waals surface area contributed by atoms with Crippen molar-refractivity contribution in [2.24, 2.45) is 0 Å². The Morgan fingerprint density at radius 1 is 1.40 bits per heavy atom. The molecule has 2 heterocycles. The molecular formula is C10H13N5. The normalized spacial score (nSPS) is 10.5. The van der Waals surface area contributed by atoms with E-state index in [9.17, 15) is 0 Å². The summed E-state index contributed by atoms with van der Waals surface area (Å²) in [5.41, 5.74) is 6.56. The van der Waals surface area contributed by atoms with Gasteiger partial charge in [0.2, 0.25) is 0 Å². The van der Waals surface area contributed by atoms with Crippen molar-refractivity contribution < 1.29 is 0 Å². The summed E-state index contributed by atoms with van der Waals surface area (Å²) in [5, 5.41) is 4.09. The summed E-state index contributed by atoms with van der Waals surface area (Å²) in [6, 6.07) is 3.66. The zero-order chi connectivity index (χ0) is 10.7. The molecule has 0 aliphatic carbocycles. The number of nitrogen functional groups attached to an aromatic ring is 1. The van der Waals surface area contributed by atoms with Crippen molar-refractivity contribution in [3.8, 4) is 5.82 Å². The van der Waals surface area contributed by atoms with Crippen molar-refractivity contribution in [2.75, 3.05) is 5.73 Å². The zero-order valence-electron chi connectivity index (χ0n) is 8.59. The lowest BCUT2D eigenvalue weighted by atomic mass is 10.2. The lowest BCUT2D eigenvalue weighted by Crippen LogP contribution is -2.01. The molecule has 0 bridgehead atoms. The summed E-state index contributed by atoms with van der Waals surface area (Å²) in [6.07, 6.45) is 5.36. The van der Waals surface area contributed by atoms with Gasteiger partial charge in [-0.15, -0.1) is 5.10 Å². The number of aromatic nitrogens is 4. The van der Waals surface area contributed by atoms with Crippen LogP contribution in [-0.2, 0) is 6.42 Å². The van der Waals surface area contributed by atoms with Crippen LogP contribution >= 0.6 is 0 Å². The lowest BCUT2D eigenvalue weighted by Gasteiger charge is -2.01. The van der Waals surface area contributed by atoms with Gasteiger partial charge in [-0.2, -0.15) is 0 Å². The number of hydrogen-bond donors (Lipinski definition) is 1. The quantitative estimate of drug-likeness (QED) is 0.813. The molecule has 2 rings (SSSR count). The second-order valence-corrected chi connectivity index (χ2v) is 3.30. The number of nitrogens with zero attached hydrogens (tertiary/aromatic N) is 4. The van der Waals surface area contributed by atoms with E-state index in [1.807, 2.05) is 6.07 Å². The summed E-state index contributed by atoms with van der Waals surface area (Å²) in [6.45, 7) is 2.12. The largest absolute Gasteiger partial charge is 0.382 e. The molecule has 0 fully saturated rings. The molecule has 0 amide bonds. The molecule has 0 aliphatic heterocycles. The Morgan fingerprint density at radius 2 is 2.27 bits per heavy atom. The summed E-state index contributed by atoms with van der Waals surface area (Å²) in [5.74, 6) is 1.25. The van der Waals surface area contributed by atoms with Crippen LogP contribution in [0.25, 0.3) is 5.82 Å². The number of anilines is 1. The van der Waals surface area contributed by atoms with Gasteiger partial charge in [0.25, 0.3) is 0 Å². The Morgan fingerprint density at radius 3 is 2.93 bits per heavy atom. The van der Waals surface area contributed by atoms with E-state index in [-0.39, 0.29) is 0 Å². The predicted octanol–water partition coefficient (Wildman–Crippen LogP) is 1.20. The first-order chi connectivity index (χ1) is 7.29. The maximum atomic E-state index is 5.54. The van der Waals surface area contributed by atoms with Gasteiger partial charge in [0.1, 0.15) is 12.1 Å². The Kier molecular flexibility index (Phi) is 2.62. The first kappa shape index (κ1) is 9.64. The smallest absolute Gasteiger partial charge is 0.157 e. The van der Waals surface area contributed by atoms with Crippen molar-refractivity contribution in [2.45, 2.75) is 19.8 Å². The Hall–Kier alpha value is -1.91. The van der Waals surface area contributed by atoms with E-state index in [0.29, 0.717) is 5.82 Å². The standard InChI is InChI=1S/C10H13N5/c1-2-3-8-6-10(13-7-12-8)15-5-4-9(11)14-15/h4-7H,2-3H2,1H3,(H2,11,14). The SMILES string of the molecule is CCCc1cc(-n2ccc(N)n2)ncn1. The van der Waals surface area contributed by atoms with Crippen LogP contribution in [0.3, 0.4) is 0 Å². The molecule has 15 heavy (non-hydrogen) atoms. The molecule has 5 nitrogen and oxygen atoms in total. The highest BCUT2D eigenvalue weighted by molar-refractivity contribution is 5.30. The third-order valence-corrected chi connectivity index (χ3v) is 2.06. The number of rotatable bonds is 3. The lowest BCUT2D eigenvalue weighted by molar-refractivity contribution is 0.816. The van der Waals surface area contributed by atoms with Crippen LogP contribution in [0, 0.1) is 0 Å². The summed E-state index contributed by atoms with van der Waals surface area (Å²) in [7, 11) is 0. The molecule has 0 aliphatic rings. The molecule has 0 spiro atoms. The minimum atomic E-state index is 0.491. The van der Waals surface area contributed by atoms with Gasteiger partial charge in [0.15, 0.2) is 5.82 Å². The maximum absolute atomic E-state index is 5.54. The fourth-order valence-corrected chi connectivity index (χ4v) is 1.37. The van der Waals surface area contributed by atoms with Gasteiger partial charge in [-0.1, -0.05) is 13.3 Å². The molecule has 0 unspecified atom stereocenters. The van der Waals surface area contributed by atoms with E-state index in [1.165, 1.54) is 0 Å². The van der Waals surface area contributed by atoms with E-state index < -0.39 is 0 Å². The van der Waals surface area contributed by atoms with Crippen LogP contribution in [0.2, 0.25) is 0 Å². The van der Waals surface area contributed by atoms with Crippen LogP contribution in [0.5, 0.6) is 0 Å². The van der Waals surface area contributed by atoms with E-state index in [4.69, 9.17) is 5.73 Å². The Balaban J connectivity index is 2.32. The van der Waals surface area contributed by atoms with Crippen molar-refractivity contribution in [3.05, 3.63) is 30.4 Å². The average Bonchev–Trinajstić information content (AvgIpc) is 2.66. The van der Waals surface area contributed by atoms with Crippen molar-refractivity contribution in [3.63, 3.8) is 0 Å². The third-order valence-electron chi connectivity index (χ3n) is 2.06. The molecule has 2 N–H and O–H groups in total. The molecule has 2 aromatic rings. The first-order valence-corrected chi connectivity index (χ1v) is 4.92. The molecule has 78 valence electrons. The van der Waals surface area contributed by atoms with Crippen LogP contribution in [0.15, 0.2) is 24.7 Å². The van der Waals surface area contributed by atoms with Crippen molar-refractivity contribution in [1.29, 1.82) is 0 Å². The van der Waals surface area contributed by atoms with Gasteiger partial charge in [-0.3, -0.25) is 0 Å². The van der Waals surface area contributed by atoms with Crippen LogP contribution in [0.1, 0.15) is 19.0 Å². The molecule has 2 aromatic heterocycles. The molecule has 0 saturated carbocycles. The summed E-state index contributed by atoms with van der Waals surface area (Å²) in [4.78, 5) is 8.32. The third kappa shape index (κ3) is 2.12. The monoisotopic (exact) mass is 203 g/mol. The second kappa shape index (κ2) is 4.08. The molecule has 5 heteroatoms. The molecule has 0 radical (unpaired) electrons. The highest BCUT2D eigenvalue weighted by Crippen LogP contribution is 2.07. The second-order valence-electron chi connectivity index (χ2n) is 3.30. The predicted molar refractivity (Wildman–Crippen MR) is 57.6 cm³/mol. The molecule has 0 atom stereocenters. The van der Waals surface area contributed by atoms with Crippen LogP contribution in [-0.4, -0.2) is 19.7 Å². The molecule has 0 aromatic carbocycles. The van der Waals surface area contributed by atoms with Crippen molar-refractivity contribution in [1.82, 2.24) is 19.7 Å². The van der Waals surface area contributed by atoms with Gasteiger partial charge in [-0.05, 0) is 6.42 Å². The van der Waals surface area contributed by atoms with E-state index in [0.717, 1.165) is 24.4 Å². The highest BCUT2D eigenvalue weighted by atomic mass is 15.3. The summed E-state index contributed by atoms with van der Waals surface area (Å²) < 4.78 is 1.65. The Bertz CT molecular complexity index is 449. The fraction of sp³-hybridized carbons (Fsp3) is 0.300. The topological polar surface area (TPSA) is 69.6 Å². The highest BCUT2D eigenvalue weighted by Gasteiger charge is 2.01. The fourth-order valence-electron chi connectivity index (χ4n) is 1.37. The molecular weight excluding hydrogens is 190 g/mol. The maximum Gasteiger partial charge on any atom is 0.157 e. The van der Waals surface area contributed by atoms with Gasteiger partial charge < -0.3 is 5.73 Å². The van der Waals surface area contributed by atoms with Gasteiger partial charge in [-0.25, -0.2) is 14.6 Å². The summed E-state index contributed by atoms with van der Waals surface area (Å²) >= 11 is 0. The van der Waals surface area contributed by atoms with E-state index in [1.54, 1.807) is 23.3 Å². The van der Waals surface area contributed by atoms with E-state index in [2.05, 4.69) is 22.0 Å². The number of nitrogens with two attached hydrogens (primary N) is 1. The van der Waals surface area contributed by atoms with Crippen LogP contribution in [0.4, 0.5) is 5.82 Å². The van der Waals surface area contributed by atoms with Gasteiger partial charge in [0, 0.05) is 24.0 Å². The minimum absolute atomic E-state index is 0.491.